The number of hydrogen-bond donors (Lipinski definition) is 2. The summed E-state index contributed by atoms with van der Waals surface area (Å²) in [7, 11) is 0. The number of fused-ring (bicyclic) bond motifs is 1. The highest BCUT2D eigenvalue weighted by Gasteiger charge is 2.26. The van der Waals surface area contributed by atoms with Gasteiger partial charge in [-0.15, -0.1) is 24.8 Å². The minimum atomic E-state index is -0.548. The van der Waals surface area contributed by atoms with Crippen molar-refractivity contribution in [2.24, 2.45) is 5.73 Å². The molecule has 7 nitrogen and oxygen atoms in total. The van der Waals surface area contributed by atoms with E-state index >= 15 is 0 Å². The first kappa shape index (κ1) is 23.2. The van der Waals surface area contributed by atoms with Gasteiger partial charge in [-0.25, -0.2) is 9.97 Å². The average molecular weight is 458 g/mol. The molecule has 1 aliphatic rings. The van der Waals surface area contributed by atoms with E-state index in [-0.39, 0.29) is 30.7 Å². The SMILES string of the molecule is Cl.Cl.N[C@H](Cc1ccc(Cl)cc1)C(=O)N1CCN(c2ncnc3[nH]ccc23)CC1. The van der Waals surface area contributed by atoms with Gasteiger partial charge in [0.25, 0.3) is 0 Å². The van der Waals surface area contributed by atoms with E-state index in [1.54, 1.807) is 6.33 Å². The van der Waals surface area contributed by atoms with Crippen molar-refractivity contribution in [3.63, 3.8) is 0 Å². The molecule has 0 saturated carbocycles. The molecular formula is C19H23Cl3N6O. The number of carbonyl (C=O) groups is 1. The molecule has 3 aromatic rings. The number of rotatable bonds is 4. The highest BCUT2D eigenvalue weighted by atomic mass is 35.5. The topological polar surface area (TPSA) is 91.1 Å². The molecule has 3 N–H and O–H groups in total. The Balaban J connectivity index is 0.00000150. The molecule has 2 aromatic heterocycles. The molecule has 0 radical (unpaired) electrons. The van der Waals surface area contributed by atoms with Crippen LogP contribution in [0, 0.1) is 0 Å². The number of nitrogens with one attached hydrogen (secondary N) is 1. The number of aromatic nitrogens is 3. The molecule has 29 heavy (non-hydrogen) atoms. The summed E-state index contributed by atoms with van der Waals surface area (Å²) in [5.74, 6) is 0.887. The Morgan fingerprint density at radius 2 is 1.79 bits per heavy atom. The minimum absolute atomic E-state index is 0. The average Bonchev–Trinajstić information content (AvgIpc) is 3.18. The zero-order valence-electron chi connectivity index (χ0n) is 15.6. The predicted octanol–water partition coefficient (Wildman–Crippen LogP) is 2.67. The van der Waals surface area contributed by atoms with E-state index in [1.807, 2.05) is 41.4 Å². The molecule has 1 amide bonds. The number of piperazine rings is 1. The number of amides is 1. The van der Waals surface area contributed by atoms with Gasteiger partial charge in [-0.2, -0.15) is 0 Å². The maximum Gasteiger partial charge on any atom is 0.239 e. The van der Waals surface area contributed by atoms with Gasteiger partial charge in [-0.1, -0.05) is 23.7 Å². The summed E-state index contributed by atoms with van der Waals surface area (Å²) in [6, 6.07) is 8.87. The Morgan fingerprint density at radius 3 is 2.48 bits per heavy atom. The van der Waals surface area contributed by atoms with Crippen LogP contribution in [0.1, 0.15) is 5.56 Å². The van der Waals surface area contributed by atoms with E-state index in [2.05, 4.69) is 19.9 Å². The predicted molar refractivity (Wildman–Crippen MR) is 120 cm³/mol. The minimum Gasteiger partial charge on any atom is -0.352 e. The van der Waals surface area contributed by atoms with Gasteiger partial charge in [0, 0.05) is 37.4 Å². The molecule has 0 aliphatic carbocycles. The third-order valence-electron chi connectivity index (χ3n) is 4.91. The zero-order chi connectivity index (χ0) is 18.8. The molecule has 0 bridgehead atoms. The molecular weight excluding hydrogens is 435 g/mol. The standard InChI is InChI=1S/C19H21ClN6O.2ClH/c20-14-3-1-13(2-4-14)11-16(21)19(27)26-9-7-25(8-10-26)18-15-5-6-22-17(15)23-12-24-18;;/h1-6,12,16H,7-11,21H2,(H,22,23,24);2*1H/t16-;;/m1../s1. The van der Waals surface area contributed by atoms with Gasteiger partial charge in [0.2, 0.25) is 5.91 Å². The summed E-state index contributed by atoms with van der Waals surface area (Å²) in [6.07, 6.45) is 3.93. The second-order valence-electron chi connectivity index (χ2n) is 6.69. The third kappa shape index (κ3) is 5.11. The van der Waals surface area contributed by atoms with E-state index < -0.39 is 6.04 Å². The first-order chi connectivity index (χ1) is 13.1. The third-order valence-corrected chi connectivity index (χ3v) is 5.16. The van der Waals surface area contributed by atoms with Gasteiger partial charge in [0.05, 0.1) is 11.4 Å². The van der Waals surface area contributed by atoms with Crippen molar-refractivity contribution in [1.82, 2.24) is 19.9 Å². The quantitative estimate of drug-likeness (QED) is 0.628. The Bertz CT molecular complexity index is 941. The second kappa shape index (κ2) is 10.1. The van der Waals surface area contributed by atoms with Crippen LogP contribution in [0.25, 0.3) is 11.0 Å². The highest BCUT2D eigenvalue weighted by Crippen LogP contribution is 2.23. The van der Waals surface area contributed by atoms with Crippen LogP contribution in [0.15, 0.2) is 42.9 Å². The van der Waals surface area contributed by atoms with E-state index in [0.717, 1.165) is 35.5 Å². The van der Waals surface area contributed by atoms with Gasteiger partial charge in [0.15, 0.2) is 0 Å². The molecule has 0 unspecified atom stereocenters. The van der Waals surface area contributed by atoms with Gasteiger partial charge < -0.3 is 20.5 Å². The Hall–Kier alpha value is -2.06. The van der Waals surface area contributed by atoms with Gasteiger partial charge in [0.1, 0.15) is 17.8 Å². The van der Waals surface area contributed by atoms with Crippen molar-refractivity contribution >= 4 is 59.2 Å². The maximum absolute atomic E-state index is 12.7. The number of nitrogens with zero attached hydrogens (tertiary/aromatic N) is 4. The molecule has 1 atom stereocenters. The van der Waals surface area contributed by atoms with Crippen LogP contribution in [-0.2, 0) is 11.2 Å². The maximum atomic E-state index is 12.7. The lowest BCUT2D eigenvalue weighted by molar-refractivity contribution is -0.132. The fraction of sp³-hybridized carbons (Fsp3) is 0.316. The fourth-order valence-electron chi connectivity index (χ4n) is 3.45. The van der Waals surface area contributed by atoms with Crippen LogP contribution >= 0.6 is 36.4 Å². The molecule has 3 heterocycles. The summed E-state index contributed by atoms with van der Waals surface area (Å²) in [5, 5.41) is 1.67. The monoisotopic (exact) mass is 456 g/mol. The number of halogens is 3. The smallest absolute Gasteiger partial charge is 0.239 e. The van der Waals surface area contributed by atoms with Gasteiger partial charge in [-0.3, -0.25) is 4.79 Å². The van der Waals surface area contributed by atoms with Crippen molar-refractivity contribution in [3.05, 3.63) is 53.4 Å². The number of anilines is 1. The molecule has 4 rings (SSSR count). The second-order valence-corrected chi connectivity index (χ2v) is 7.12. The Morgan fingerprint density at radius 1 is 1.10 bits per heavy atom. The van der Waals surface area contributed by atoms with E-state index in [4.69, 9.17) is 17.3 Å². The lowest BCUT2D eigenvalue weighted by atomic mass is 10.1. The number of nitrogens with two attached hydrogens (primary N) is 1. The first-order valence-electron chi connectivity index (χ1n) is 8.93. The highest BCUT2D eigenvalue weighted by molar-refractivity contribution is 6.30. The zero-order valence-corrected chi connectivity index (χ0v) is 18.0. The molecule has 1 aliphatic heterocycles. The van der Waals surface area contributed by atoms with Crippen molar-refractivity contribution in [3.8, 4) is 0 Å². The first-order valence-corrected chi connectivity index (χ1v) is 9.31. The molecule has 0 spiro atoms. The van der Waals surface area contributed by atoms with Crippen molar-refractivity contribution in [2.45, 2.75) is 12.5 Å². The summed E-state index contributed by atoms with van der Waals surface area (Å²) in [5.41, 5.74) is 7.99. The van der Waals surface area contributed by atoms with E-state index in [1.165, 1.54) is 0 Å². The lowest BCUT2D eigenvalue weighted by Crippen LogP contribution is -2.53. The van der Waals surface area contributed by atoms with Crippen LogP contribution in [0.2, 0.25) is 5.02 Å². The molecule has 156 valence electrons. The number of aromatic amines is 1. The van der Waals surface area contributed by atoms with Crippen LogP contribution in [0.5, 0.6) is 0 Å². The van der Waals surface area contributed by atoms with Crippen molar-refractivity contribution in [2.75, 3.05) is 31.1 Å². The fourth-order valence-corrected chi connectivity index (χ4v) is 3.57. The van der Waals surface area contributed by atoms with E-state index in [9.17, 15) is 4.79 Å². The number of hydrogen-bond acceptors (Lipinski definition) is 5. The van der Waals surface area contributed by atoms with Crippen LogP contribution in [0.4, 0.5) is 5.82 Å². The van der Waals surface area contributed by atoms with Gasteiger partial charge >= 0.3 is 0 Å². The summed E-state index contributed by atoms with van der Waals surface area (Å²) in [6.45, 7) is 2.69. The summed E-state index contributed by atoms with van der Waals surface area (Å²) in [4.78, 5) is 28.5. The number of H-pyrrole nitrogens is 1. The molecule has 1 aromatic carbocycles. The van der Waals surface area contributed by atoms with E-state index in [0.29, 0.717) is 24.5 Å². The molecule has 1 fully saturated rings. The van der Waals surface area contributed by atoms with Crippen LogP contribution in [-0.4, -0.2) is 58.0 Å². The van der Waals surface area contributed by atoms with Crippen LogP contribution < -0.4 is 10.6 Å². The van der Waals surface area contributed by atoms with Crippen molar-refractivity contribution < 1.29 is 4.79 Å². The Labute approximate surface area is 186 Å². The molecule has 1 saturated heterocycles. The summed E-state index contributed by atoms with van der Waals surface area (Å²) >= 11 is 5.90. The summed E-state index contributed by atoms with van der Waals surface area (Å²) < 4.78 is 0. The Kier molecular flexibility index (Phi) is 8.10. The van der Waals surface area contributed by atoms with Gasteiger partial charge in [-0.05, 0) is 30.2 Å². The number of carbonyl (C=O) groups excluding carboxylic acids is 1. The number of benzene rings is 1. The van der Waals surface area contributed by atoms with Crippen molar-refractivity contribution in [1.29, 1.82) is 0 Å². The molecule has 10 heteroatoms. The van der Waals surface area contributed by atoms with Crippen LogP contribution in [0.3, 0.4) is 0 Å². The lowest BCUT2D eigenvalue weighted by Gasteiger charge is -2.36. The largest absolute Gasteiger partial charge is 0.352 e. The normalized spacial score (nSPS) is 14.8.